The van der Waals surface area contributed by atoms with Gasteiger partial charge in [-0.2, -0.15) is 5.26 Å². The number of nitrogen functional groups attached to an aromatic ring is 1. The van der Waals surface area contributed by atoms with Gasteiger partial charge < -0.3 is 15.3 Å². The summed E-state index contributed by atoms with van der Waals surface area (Å²) >= 11 is 1.47. The van der Waals surface area contributed by atoms with E-state index in [0.717, 1.165) is 17.9 Å². The van der Waals surface area contributed by atoms with Crippen molar-refractivity contribution in [2.45, 2.75) is 24.6 Å². The Hall–Kier alpha value is -2.40. The Bertz CT molecular complexity index is 653. The fourth-order valence-corrected chi connectivity index (χ4v) is 2.47. The Morgan fingerprint density at radius 2 is 2.18 bits per heavy atom. The van der Waals surface area contributed by atoms with Crippen molar-refractivity contribution in [3.63, 3.8) is 0 Å². The van der Waals surface area contributed by atoms with E-state index in [4.69, 9.17) is 20.6 Å². The van der Waals surface area contributed by atoms with Crippen LogP contribution in [0.2, 0.25) is 0 Å². The number of ether oxygens (including phenoxy) is 2. The lowest BCUT2D eigenvalue weighted by Crippen LogP contribution is -2.15. The third-order valence-electron chi connectivity index (χ3n) is 2.81. The second kappa shape index (κ2) is 8.14. The summed E-state index contributed by atoms with van der Waals surface area (Å²) in [6.45, 7) is 0.218. The molecule has 1 aromatic carbocycles. The van der Waals surface area contributed by atoms with Crippen LogP contribution in [0, 0.1) is 11.3 Å². The van der Waals surface area contributed by atoms with Crippen LogP contribution in [0.3, 0.4) is 0 Å². The van der Waals surface area contributed by atoms with Crippen molar-refractivity contribution in [1.82, 2.24) is 14.9 Å². The minimum Gasteiger partial charge on any atom is -0.497 e. The van der Waals surface area contributed by atoms with Gasteiger partial charge in [-0.15, -0.1) is 10.2 Å². The van der Waals surface area contributed by atoms with Gasteiger partial charge in [0.1, 0.15) is 18.1 Å². The molecule has 2 aromatic rings. The molecule has 0 spiro atoms. The van der Waals surface area contributed by atoms with E-state index in [1.54, 1.807) is 13.2 Å². The molecule has 0 bridgehead atoms. The third-order valence-corrected chi connectivity index (χ3v) is 3.84. The summed E-state index contributed by atoms with van der Waals surface area (Å²) in [5.74, 6) is 8.64. The molecular weight excluding hydrogens is 302 g/mol. The predicted octanol–water partition coefficient (Wildman–Crippen LogP) is 1.98. The van der Waals surface area contributed by atoms with Crippen LogP contribution in [0.4, 0.5) is 0 Å². The molecule has 0 atom stereocenters. The van der Waals surface area contributed by atoms with Crippen LogP contribution >= 0.6 is 11.8 Å². The van der Waals surface area contributed by atoms with Crippen molar-refractivity contribution >= 4 is 11.8 Å². The highest BCUT2D eigenvalue weighted by atomic mass is 32.2. The lowest BCUT2D eigenvalue weighted by molar-refractivity contribution is 0.289. The third kappa shape index (κ3) is 4.30. The number of nitrogens with zero attached hydrogens (tertiary/aromatic N) is 4. The molecule has 0 aliphatic carbocycles. The summed E-state index contributed by atoms with van der Waals surface area (Å²) in [6, 6.07) is 9.41. The fourth-order valence-electron chi connectivity index (χ4n) is 1.66. The van der Waals surface area contributed by atoms with E-state index in [9.17, 15) is 0 Å². The fraction of sp³-hybridized carbons (Fsp3) is 0.357. The molecule has 0 aliphatic heterocycles. The molecule has 8 heteroatoms. The van der Waals surface area contributed by atoms with Crippen LogP contribution in [0.15, 0.2) is 29.4 Å². The summed E-state index contributed by atoms with van der Waals surface area (Å²) in [5.41, 5.74) is 0. The highest BCUT2D eigenvalue weighted by molar-refractivity contribution is 7.99. The number of aromatic nitrogens is 3. The monoisotopic (exact) mass is 319 g/mol. The molecule has 2 rings (SSSR count). The molecule has 0 radical (unpaired) electrons. The lowest BCUT2D eigenvalue weighted by Gasteiger charge is -2.07. The minimum atomic E-state index is 0.218. The van der Waals surface area contributed by atoms with Crippen molar-refractivity contribution in [1.29, 1.82) is 5.26 Å². The SMILES string of the molecule is COc1cccc(OCc2nnc(SCCCC#N)n2N)c1. The topological polar surface area (TPSA) is 99.0 Å². The molecule has 116 valence electrons. The standard InChI is InChI=1S/C14H17N5O2S/c1-20-11-5-4-6-12(9-11)21-10-13-17-18-14(19(13)16)22-8-3-2-7-15/h4-6,9H,2-3,8,10,16H2,1H3. The summed E-state index contributed by atoms with van der Waals surface area (Å²) in [5, 5.41) is 17.1. The van der Waals surface area contributed by atoms with E-state index < -0.39 is 0 Å². The number of hydrogen-bond acceptors (Lipinski definition) is 7. The first-order chi connectivity index (χ1) is 10.7. The average molecular weight is 319 g/mol. The van der Waals surface area contributed by atoms with Gasteiger partial charge in [0.05, 0.1) is 13.2 Å². The first kappa shape index (κ1) is 16.0. The second-order valence-corrected chi connectivity index (χ2v) is 5.41. The van der Waals surface area contributed by atoms with Crippen LogP contribution in [0.5, 0.6) is 11.5 Å². The first-order valence-corrected chi connectivity index (χ1v) is 7.69. The van der Waals surface area contributed by atoms with E-state index in [1.165, 1.54) is 16.4 Å². The van der Waals surface area contributed by atoms with Gasteiger partial charge in [-0.25, -0.2) is 4.68 Å². The Labute approximate surface area is 133 Å². The van der Waals surface area contributed by atoms with Gasteiger partial charge in [0.15, 0.2) is 5.82 Å². The van der Waals surface area contributed by atoms with Crippen molar-refractivity contribution in [2.75, 3.05) is 18.7 Å². The number of unbranched alkanes of at least 4 members (excludes halogenated alkanes) is 1. The Kier molecular flexibility index (Phi) is 5.91. The van der Waals surface area contributed by atoms with E-state index in [0.29, 0.717) is 23.2 Å². The van der Waals surface area contributed by atoms with E-state index >= 15 is 0 Å². The molecule has 1 heterocycles. The minimum absolute atomic E-state index is 0.218. The molecule has 7 nitrogen and oxygen atoms in total. The molecule has 22 heavy (non-hydrogen) atoms. The number of thioether (sulfide) groups is 1. The first-order valence-electron chi connectivity index (χ1n) is 6.70. The number of methoxy groups -OCH3 is 1. The zero-order valence-electron chi connectivity index (χ0n) is 12.2. The van der Waals surface area contributed by atoms with Crippen molar-refractivity contribution < 1.29 is 9.47 Å². The van der Waals surface area contributed by atoms with E-state index in [2.05, 4.69) is 16.3 Å². The van der Waals surface area contributed by atoms with Crippen LogP contribution in [0.25, 0.3) is 0 Å². The molecular formula is C14H17N5O2S. The molecule has 0 saturated carbocycles. The van der Waals surface area contributed by atoms with Crippen LogP contribution in [0.1, 0.15) is 18.7 Å². The molecule has 0 saturated heterocycles. The second-order valence-electron chi connectivity index (χ2n) is 4.35. The zero-order chi connectivity index (χ0) is 15.8. The number of rotatable bonds is 8. The average Bonchev–Trinajstić information content (AvgIpc) is 2.90. The largest absolute Gasteiger partial charge is 0.497 e. The maximum Gasteiger partial charge on any atom is 0.209 e. The number of nitrogens with two attached hydrogens (primary N) is 1. The molecule has 0 fully saturated rings. The van der Waals surface area contributed by atoms with Gasteiger partial charge in [-0.05, 0) is 18.6 Å². The zero-order valence-corrected chi connectivity index (χ0v) is 13.0. The molecule has 1 aromatic heterocycles. The summed E-state index contributed by atoms with van der Waals surface area (Å²) in [4.78, 5) is 0. The Morgan fingerprint density at radius 3 is 2.95 bits per heavy atom. The molecule has 0 amide bonds. The maximum atomic E-state index is 8.50. The molecule has 0 unspecified atom stereocenters. The predicted molar refractivity (Wildman–Crippen MR) is 83.1 cm³/mol. The smallest absolute Gasteiger partial charge is 0.209 e. The summed E-state index contributed by atoms with van der Waals surface area (Å²) in [6.07, 6.45) is 1.32. The van der Waals surface area contributed by atoms with Gasteiger partial charge in [-0.1, -0.05) is 17.8 Å². The van der Waals surface area contributed by atoms with Gasteiger partial charge in [0, 0.05) is 18.2 Å². The van der Waals surface area contributed by atoms with Crippen LogP contribution < -0.4 is 15.3 Å². The van der Waals surface area contributed by atoms with Gasteiger partial charge >= 0.3 is 0 Å². The summed E-state index contributed by atoms with van der Waals surface area (Å²) in [7, 11) is 1.60. The number of nitriles is 1. The number of benzene rings is 1. The van der Waals surface area contributed by atoms with Crippen molar-refractivity contribution in [3.8, 4) is 17.6 Å². The van der Waals surface area contributed by atoms with E-state index in [-0.39, 0.29) is 6.61 Å². The molecule has 0 aliphatic rings. The van der Waals surface area contributed by atoms with Crippen LogP contribution in [-0.4, -0.2) is 27.7 Å². The van der Waals surface area contributed by atoms with Crippen LogP contribution in [-0.2, 0) is 6.61 Å². The van der Waals surface area contributed by atoms with Crippen molar-refractivity contribution in [3.05, 3.63) is 30.1 Å². The number of hydrogen-bond donors (Lipinski definition) is 1. The van der Waals surface area contributed by atoms with E-state index in [1.807, 2.05) is 18.2 Å². The summed E-state index contributed by atoms with van der Waals surface area (Å²) < 4.78 is 12.2. The molecule has 2 N–H and O–H groups in total. The Morgan fingerprint density at radius 1 is 1.36 bits per heavy atom. The van der Waals surface area contributed by atoms with Crippen molar-refractivity contribution in [2.24, 2.45) is 0 Å². The highest BCUT2D eigenvalue weighted by Crippen LogP contribution is 2.20. The normalized spacial score (nSPS) is 10.2. The highest BCUT2D eigenvalue weighted by Gasteiger charge is 2.10. The quantitative estimate of drug-likeness (QED) is 0.451. The maximum absolute atomic E-state index is 8.50. The van der Waals surface area contributed by atoms with Gasteiger partial charge in [0.2, 0.25) is 5.16 Å². The van der Waals surface area contributed by atoms with Gasteiger partial charge in [-0.3, -0.25) is 0 Å². The lowest BCUT2D eigenvalue weighted by atomic mass is 10.3. The Balaban J connectivity index is 1.90. The van der Waals surface area contributed by atoms with Gasteiger partial charge in [0.25, 0.3) is 0 Å².